The average molecular weight is 342 g/mol. The molecule has 8 heteroatoms. The Morgan fingerprint density at radius 1 is 1.27 bits per heavy atom. The smallest absolute Gasteiger partial charge is 0.301 e. The van der Waals surface area contributed by atoms with Gasteiger partial charge in [0.25, 0.3) is 0 Å². The van der Waals surface area contributed by atoms with Crippen molar-refractivity contribution in [2.75, 3.05) is 11.4 Å². The van der Waals surface area contributed by atoms with Gasteiger partial charge in [0, 0.05) is 17.8 Å². The summed E-state index contributed by atoms with van der Waals surface area (Å²) in [6, 6.07) is 2.16. The van der Waals surface area contributed by atoms with E-state index in [0.717, 1.165) is 42.5 Å². The van der Waals surface area contributed by atoms with Crippen molar-refractivity contribution < 1.29 is 17.1 Å². The van der Waals surface area contributed by atoms with Crippen LogP contribution in [0.2, 0.25) is 0 Å². The molecule has 1 atom stereocenters. The van der Waals surface area contributed by atoms with Crippen LogP contribution in [0.15, 0.2) is 0 Å². The number of aryl methyl sites for hydroxylation is 1. The van der Waals surface area contributed by atoms with Crippen molar-refractivity contribution in [1.29, 1.82) is 5.26 Å². The van der Waals surface area contributed by atoms with E-state index < -0.39 is 21.4 Å². The lowest BCUT2D eigenvalue weighted by molar-refractivity contribution is -0.117. The van der Waals surface area contributed by atoms with Crippen molar-refractivity contribution >= 4 is 32.5 Å². The number of nitriles is 1. The number of halogens is 1. The zero-order valence-corrected chi connectivity index (χ0v) is 13.5. The maximum Gasteiger partial charge on any atom is 0.307 e. The number of rotatable bonds is 2. The van der Waals surface area contributed by atoms with Crippen LogP contribution in [0, 0.1) is 11.3 Å². The number of nitrogens with zero attached hydrogens (tertiary/aromatic N) is 2. The lowest BCUT2D eigenvalue weighted by Crippen LogP contribution is -2.26. The topological polar surface area (TPSA) is 78.2 Å². The van der Waals surface area contributed by atoms with E-state index in [9.17, 15) is 22.4 Å². The van der Waals surface area contributed by atoms with Gasteiger partial charge >= 0.3 is 10.2 Å². The first-order chi connectivity index (χ1) is 10.4. The summed E-state index contributed by atoms with van der Waals surface area (Å²) in [4.78, 5) is 14.5. The molecule has 0 spiro atoms. The first-order valence-electron chi connectivity index (χ1n) is 7.20. The van der Waals surface area contributed by atoms with E-state index in [-0.39, 0.29) is 13.0 Å². The van der Waals surface area contributed by atoms with Crippen LogP contribution >= 0.6 is 11.3 Å². The lowest BCUT2D eigenvalue weighted by Gasteiger charge is -2.14. The molecule has 1 aliphatic heterocycles. The predicted molar refractivity (Wildman–Crippen MR) is 81.1 cm³/mol. The van der Waals surface area contributed by atoms with Gasteiger partial charge in [-0.05, 0) is 31.2 Å². The maximum absolute atomic E-state index is 13.2. The molecule has 1 unspecified atom stereocenters. The van der Waals surface area contributed by atoms with Crippen LogP contribution in [-0.2, 0) is 27.9 Å². The highest BCUT2D eigenvalue weighted by Gasteiger charge is 2.41. The molecule has 2 heterocycles. The van der Waals surface area contributed by atoms with Crippen molar-refractivity contribution in [3.05, 3.63) is 16.0 Å². The molecule has 0 aromatic carbocycles. The fourth-order valence-corrected chi connectivity index (χ4v) is 5.13. The summed E-state index contributed by atoms with van der Waals surface area (Å²) in [5, 5.41) is 8.62. The monoisotopic (exact) mass is 342 g/mol. The van der Waals surface area contributed by atoms with E-state index in [1.807, 2.05) is 0 Å². The third kappa shape index (κ3) is 2.63. The van der Waals surface area contributed by atoms with Crippen molar-refractivity contribution in [3.8, 4) is 6.07 Å². The van der Waals surface area contributed by atoms with Gasteiger partial charge in [0.15, 0.2) is 0 Å². The Morgan fingerprint density at radius 3 is 2.64 bits per heavy atom. The SMILES string of the molecule is N#Cc1c(N2CC(S(=O)(=O)F)CC2=O)sc2c1CCCCC2. The largest absolute Gasteiger partial charge is 0.307 e. The molecule has 22 heavy (non-hydrogen) atoms. The number of amides is 1. The Balaban J connectivity index is 1.99. The number of fused-ring (bicyclic) bond motifs is 1. The van der Waals surface area contributed by atoms with Crippen LogP contribution in [0.1, 0.15) is 41.7 Å². The second-order valence-corrected chi connectivity index (χ2v) is 8.36. The second-order valence-electron chi connectivity index (χ2n) is 5.66. The molecule has 1 aromatic heterocycles. The Hall–Kier alpha value is -1.46. The summed E-state index contributed by atoms with van der Waals surface area (Å²) < 4.78 is 35.2. The molecule has 0 radical (unpaired) electrons. The molecule has 0 saturated carbocycles. The highest BCUT2D eigenvalue weighted by atomic mass is 32.3. The Labute approximate surface area is 132 Å². The number of hydrogen-bond acceptors (Lipinski definition) is 5. The van der Waals surface area contributed by atoms with E-state index in [4.69, 9.17) is 0 Å². The van der Waals surface area contributed by atoms with E-state index in [2.05, 4.69) is 6.07 Å². The first-order valence-corrected chi connectivity index (χ1v) is 9.46. The number of hydrogen-bond donors (Lipinski definition) is 0. The van der Waals surface area contributed by atoms with Gasteiger partial charge in [0.05, 0.1) is 5.56 Å². The Kier molecular flexibility index (Phi) is 3.95. The van der Waals surface area contributed by atoms with Gasteiger partial charge < -0.3 is 4.90 Å². The molecular weight excluding hydrogens is 327 g/mol. The van der Waals surface area contributed by atoms with Gasteiger partial charge in [0.1, 0.15) is 16.3 Å². The summed E-state index contributed by atoms with van der Waals surface area (Å²) in [5.74, 6) is -0.431. The van der Waals surface area contributed by atoms with Crippen LogP contribution in [0.5, 0.6) is 0 Å². The maximum atomic E-state index is 13.2. The molecule has 3 rings (SSSR count). The van der Waals surface area contributed by atoms with Gasteiger partial charge in [-0.25, -0.2) is 0 Å². The molecule has 118 valence electrons. The number of thiophene rings is 1. The van der Waals surface area contributed by atoms with Crippen LogP contribution in [0.4, 0.5) is 8.89 Å². The molecule has 5 nitrogen and oxygen atoms in total. The minimum Gasteiger partial charge on any atom is -0.301 e. The third-order valence-electron chi connectivity index (χ3n) is 4.25. The summed E-state index contributed by atoms with van der Waals surface area (Å²) in [6.07, 6.45) is 4.50. The van der Waals surface area contributed by atoms with E-state index in [1.165, 1.54) is 16.2 Å². The molecule has 1 aromatic rings. The molecule has 1 saturated heterocycles. The highest BCUT2D eigenvalue weighted by Crippen LogP contribution is 2.41. The quantitative estimate of drug-likeness (QED) is 0.610. The first kappa shape index (κ1) is 15.4. The van der Waals surface area contributed by atoms with Gasteiger partial charge in [-0.2, -0.15) is 13.7 Å². The lowest BCUT2D eigenvalue weighted by atomic mass is 10.1. The van der Waals surface area contributed by atoms with Crippen molar-refractivity contribution in [1.82, 2.24) is 0 Å². The predicted octanol–water partition coefficient (Wildman–Crippen LogP) is 2.29. The molecule has 1 amide bonds. The van der Waals surface area contributed by atoms with Crippen LogP contribution in [-0.4, -0.2) is 26.1 Å². The molecule has 2 aliphatic rings. The van der Waals surface area contributed by atoms with Crippen molar-refractivity contribution in [2.24, 2.45) is 0 Å². The van der Waals surface area contributed by atoms with Gasteiger partial charge in [-0.3, -0.25) is 4.79 Å². The Morgan fingerprint density at radius 2 is 2.00 bits per heavy atom. The molecule has 1 fully saturated rings. The summed E-state index contributed by atoms with van der Waals surface area (Å²) >= 11 is 1.38. The van der Waals surface area contributed by atoms with E-state index in [0.29, 0.717) is 10.6 Å². The van der Waals surface area contributed by atoms with E-state index in [1.54, 1.807) is 0 Å². The standard InChI is InChI=1S/C14H15FN2O3S2/c15-22(19,20)9-6-13(18)17(8-9)14-11(7-16)10-4-2-1-3-5-12(10)21-14/h9H,1-6,8H2. The minimum absolute atomic E-state index is 0.203. The molecular formula is C14H15FN2O3S2. The fourth-order valence-electron chi connectivity index (χ4n) is 3.09. The van der Waals surface area contributed by atoms with Gasteiger partial charge in [0.2, 0.25) is 5.91 Å². The second kappa shape index (κ2) is 5.63. The number of anilines is 1. The Bertz CT molecular complexity index is 764. The number of carbonyl (C=O) groups is 1. The zero-order chi connectivity index (χ0) is 15.9. The van der Waals surface area contributed by atoms with Gasteiger partial charge in [-0.1, -0.05) is 6.42 Å². The summed E-state index contributed by atoms with van der Waals surface area (Å²) in [5.41, 5.74) is 1.45. The van der Waals surface area contributed by atoms with Crippen molar-refractivity contribution in [2.45, 2.75) is 43.8 Å². The van der Waals surface area contributed by atoms with Crippen molar-refractivity contribution in [3.63, 3.8) is 0 Å². The summed E-state index contributed by atoms with van der Waals surface area (Å²) in [7, 11) is -4.74. The zero-order valence-electron chi connectivity index (χ0n) is 11.8. The molecule has 1 aliphatic carbocycles. The normalized spacial score (nSPS) is 22.3. The third-order valence-corrected chi connectivity index (χ3v) is 6.67. The minimum atomic E-state index is -4.74. The van der Waals surface area contributed by atoms with Crippen LogP contribution < -0.4 is 4.90 Å². The van der Waals surface area contributed by atoms with E-state index >= 15 is 0 Å². The van der Waals surface area contributed by atoms with Crippen LogP contribution in [0.25, 0.3) is 0 Å². The summed E-state index contributed by atoms with van der Waals surface area (Å²) in [6.45, 7) is -0.203. The fraction of sp³-hybridized carbons (Fsp3) is 0.571. The number of carbonyl (C=O) groups excluding carboxylic acids is 1. The average Bonchev–Trinajstić information content (AvgIpc) is 2.91. The molecule has 0 N–H and O–H groups in total. The van der Waals surface area contributed by atoms with Crippen LogP contribution in [0.3, 0.4) is 0 Å². The molecule has 0 bridgehead atoms. The highest BCUT2D eigenvalue weighted by molar-refractivity contribution is 7.87. The van der Waals surface area contributed by atoms with Gasteiger partial charge in [-0.15, -0.1) is 15.2 Å².